The molecule has 82 valence electrons. The highest BCUT2D eigenvalue weighted by atomic mass is 19.3. The summed E-state index contributed by atoms with van der Waals surface area (Å²) in [5, 5.41) is 1.35. The van der Waals surface area contributed by atoms with Crippen molar-refractivity contribution in [1.82, 2.24) is 0 Å². The Kier molecular flexibility index (Phi) is 3.23. The van der Waals surface area contributed by atoms with Gasteiger partial charge in [0.1, 0.15) is 5.82 Å². The number of amides is 1. The lowest BCUT2D eigenvalue weighted by Gasteiger charge is -2.06. The molecule has 0 heterocycles. The van der Waals surface area contributed by atoms with Gasteiger partial charge < -0.3 is 5.32 Å². The number of anilines is 1. The third-order valence-electron chi connectivity index (χ3n) is 1.45. The standard InChI is InChI=1S/C8H4F5NO/c9-3-1-4(10)6(11)5(2-3)14-8(15)7(12)13/h1-2,7H,(H,14,15). The van der Waals surface area contributed by atoms with Crippen molar-refractivity contribution >= 4 is 11.6 Å². The maximum atomic E-state index is 12.8. The van der Waals surface area contributed by atoms with Crippen molar-refractivity contribution in [3.63, 3.8) is 0 Å². The SMILES string of the molecule is O=C(Nc1cc(F)cc(F)c1F)C(F)F. The Morgan fingerprint density at radius 3 is 2.33 bits per heavy atom. The molecule has 0 aromatic heterocycles. The van der Waals surface area contributed by atoms with Crippen LogP contribution in [0.2, 0.25) is 0 Å². The normalized spacial score (nSPS) is 10.5. The van der Waals surface area contributed by atoms with E-state index < -0.39 is 35.5 Å². The number of hydrogen-bond acceptors (Lipinski definition) is 1. The summed E-state index contributed by atoms with van der Waals surface area (Å²) in [7, 11) is 0. The van der Waals surface area contributed by atoms with Gasteiger partial charge in [0.15, 0.2) is 11.6 Å². The fourth-order valence-electron chi connectivity index (χ4n) is 0.834. The molecule has 1 N–H and O–H groups in total. The van der Waals surface area contributed by atoms with Gasteiger partial charge in [0.05, 0.1) is 5.69 Å². The van der Waals surface area contributed by atoms with Crippen molar-refractivity contribution in [3.8, 4) is 0 Å². The van der Waals surface area contributed by atoms with Gasteiger partial charge in [-0.3, -0.25) is 4.79 Å². The molecule has 0 aliphatic carbocycles. The molecule has 1 aromatic carbocycles. The van der Waals surface area contributed by atoms with E-state index in [0.29, 0.717) is 6.07 Å². The molecule has 15 heavy (non-hydrogen) atoms. The number of hydrogen-bond donors (Lipinski definition) is 1. The van der Waals surface area contributed by atoms with Gasteiger partial charge in [-0.05, 0) is 0 Å². The first-order chi connectivity index (χ1) is 6.91. The first kappa shape index (κ1) is 11.4. The first-order valence-corrected chi connectivity index (χ1v) is 3.65. The molecule has 0 spiro atoms. The van der Waals surface area contributed by atoms with E-state index in [9.17, 15) is 26.7 Å². The van der Waals surface area contributed by atoms with Gasteiger partial charge in [0.25, 0.3) is 5.91 Å². The van der Waals surface area contributed by atoms with Crippen molar-refractivity contribution in [2.45, 2.75) is 6.43 Å². The fraction of sp³-hybridized carbons (Fsp3) is 0.125. The number of benzene rings is 1. The topological polar surface area (TPSA) is 29.1 Å². The Labute approximate surface area is 80.7 Å². The van der Waals surface area contributed by atoms with Gasteiger partial charge in [0.2, 0.25) is 0 Å². The minimum absolute atomic E-state index is 0.230. The van der Waals surface area contributed by atoms with Gasteiger partial charge in [-0.25, -0.2) is 13.2 Å². The van der Waals surface area contributed by atoms with Gasteiger partial charge >= 0.3 is 6.43 Å². The summed E-state index contributed by atoms with van der Waals surface area (Å²) in [6.45, 7) is 0. The summed E-state index contributed by atoms with van der Waals surface area (Å²) in [5.41, 5.74) is -0.960. The third-order valence-corrected chi connectivity index (χ3v) is 1.45. The van der Waals surface area contributed by atoms with Crippen LogP contribution in [0.1, 0.15) is 0 Å². The second-order valence-electron chi connectivity index (χ2n) is 2.54. The molecule has 0 aliphatic heterocycles. The van der Waals surface area contributed by atoms with Crippen molar-refractivity contribution < 1.29 is 26.7 Å². The molecule has 0 saturated carbocycles. The smallest absolute Gasteiger partial charge is 0.315 e. The molecule has 2 nitrogen and oxygen atoms in total. The molecule has 7 heteroatoms. The lowest BCUT2D eigenvalue weighted by molar-refractivity contribution is -0.126. The molecule has 1 amide bonds. The van der Waals surface area contributed by atoms with Crippen molar-refractivity contribution in [2.75, 3.05) is 5.32 Å². The molecule has 0 bridgehead atoms. The second-order valence-corrected chi connectivity index (χ2v) is 2.54. The first-order valence-electron chi connectivity index (χ1n) is 3.65. The molecule has 0 radical (unpaired) electrons. The zero-order valence-corrected chi connectivity index (χ0v) is 7.03. The van der Waals surface area contributed by atoms with Crippen LogP contribution >= 0.6 is 0 Å². The molecular weight excluding hydrogens is 221 g/mol. The minimum atomic E-state index is -3.39. The predicted octanol–water partition coefficient (Wildman–Crippen LogP) is 2.31. The predicted molar refractivity (Wildman–Crippen MR) is 40.9 cm³/mol. The molecule has 0 aliphatic rings. The quantitative estimate of drug-likeness (QED) is 0.607. The molecule has 0 atom stereocenters. The Morgan fingerprint density at radius 1 is 1.20 bits per heavy atom. The number of nitrogens with one attached hydrogen (secondary N) is 1. The van der Waals surface area contributed by atoms with Crippen molar-refractivity contribution in [3.05, 3.63) is 29.6 Å². The number of alkyl halides is 2. The molecule has 1 aromatic rings. The molecule has 1 rings (SSSR count). The monoisotopic (exact) mass is 225 g/mol. The maximum absolute atomic E-state index is 12.8. The summed E-state index contributed by atoms with van der Waals surface area (Å²) in [6, 6.07) is 0.631. The van der Waals surface area contributed by atoms with E-state index in [-0.39, 0.29) is 6.07 Å². The summed E-state index contributed by atoms with van der Waals surface area (Å²) < 4.78 is 61.3. The lowest BCUT2D eigenvalue weighted by Crippen LogP contribution is -2.21. The van der Waals surface area contributed by atoms with Crippen molar-refractivity contribution in [2.24, 2.45) is 0 Å². The van der Waals surface area contributed by atoms with Crippen LogP contribution in [0.15, 0.2) is 12.1 Å². The number of carbonyl (C=O) groups excluding carboxylic acids is 1. The Morgan fingerprint density at radius 2 is 1.80 bits per heavy atom. The van der Waals surface area contributed by atoms with Gasteiger partial charge in [-0.15, -0.1) is 0 Å². The van der Waals surface area contributed by atoms with E-state index in [2.05, 4.69) is 0 Å². The van der Waals surface area contributed by atoms with Gasteiger partial charge in [-0.1, -0.05) is 0 Å². The zero-order valence-electron chi connectivity index (χ0n) is 7.03. The van der Waals surface area contributed by atoms with Crippen LogP contribution in [0.3, 0.4) is 0 Å². The number of carbonyl (C=O) groups is 1. The minimum Gasteiger partial charge on any atom is -0.318 e. The summed E-state index contributed by atoms with van der Waals surface area (Å²) in [4.78, 5) is 10.4. The Balaban J connectivity index is 2.99. The molecule has 0 saturated heterocycles. The number of halogens is 5. The van der Waals surface area contributed by atoms with Crippen LogP contribution in [-0.2, 0) is 4.79 Å². The van der Waals surface area contributed by atoms with E-state index in [1.807, 2.05) is 0 Å². The summed E-state index contributed by atoms with van der Waals surface area (Å²) in [5.74, 6) is -6.18. The zero-order chi connectivity index (χ0) is 11.6. The van der Waals surface area contributed by atoms with E-state index in [1.165, 1.54) is 5.32 Å². The van der Waals surface area contributed by atoms with Crippen molar-refractivity contribution in [1.29, 1.82) is 0 Å². The number of rotatable bonds is 2. The largest absolute Gasteiger partial charge is 0.318 e. The van der Waals surface area contributed by atoms with Crippen LogP contribution in [0, 0.1) is 17.5 Å². The second kappa shape index (κ2) is 4.24. The average molecular weight is 225 g/mol. The van der Waals surface area contributed by atoms with E-state index in [4.69, 9.17) is 0 Å². The highest BCUT2D eigenvalue weighted by Crippen LogP contribution is 2.19. The van der Waals surface area contributed by atoms with Crippen LogP contribution < -0.4 is 5.32 Å². The summed E-state index contributed by atoms with van der Waals surface area (Å²) in [6.07, 6.45) is -3.39. The van der Waals surface area contributed by atoms with E-state index in [0.717, 1.165) is 0 Å². The molecular formula is C8H4F5NO. The third kappa shape index (κ3) is 2.64. The molecule has 0 unspecified atom stereocenters. The van der Waals surface area contributed by atoms with E-state index in [1.54, 1.807) is 0 Å². The van der Waals surface area contributed by atoms with Crippen LogP contribution in [0.5, 0.6) is 0 Å². The highest BCUT2D eigenvalue weighted by molar-refractivity contribution is 5.93. The van der Waals surface area contributed by atoms with Crippen LogP contribution in [-0.4, -0.2) is 12.3 Å². The van der Waals surface area contributed by atoms with E-state index >= 15 is 0 Å². The average Bonchev–Trinajstić information content (AvgIpc) is 2.13. The molecule has 0 fully saturated rings. The Hall–Kier alpha value is -1.66. The van der Waals surface area contributed by atoms with Crippen LogP contribution in [0.25, 0.3) is 0 Å². The maximum Gasteiger partial charge on any atom is 0.315 e. The van der Waals surface area contributed by atoms with Gasteiger partial charge in [0, 0.05) is 12.1 Å². The van der Waals surface area contributed by atoms with Crippen LogP contribution in [0.4, 0.5) is 27.6 Å². The van der Waals surface area contributed by atoms with Gasteiger partial charge in [-0.2, -0.15) is 8.78 Å². The highest BCUT2D eigenvalue weighted by Gasteiger charge is 2.19. The lowest BCUT2D eigenvalue weighted by atomic mass is 10.3. The Bertz CT molecular complexity index is 393. The fourth-order valence-corrected chi connectivity index (χ4v) is 0.834. The summed E-state index contributed by atoms with van der Waals surface area (Å²) >= 11 is 0.